The molecule has 3 N–H and O–H groups in total. The van der Waals surface area contributed by atoms with E-state index < -0.39 is 0 Å². The lowest BCUT2D eigenvalue weighted by molar-refractivity contribution is -0.118. The highest BCUT2D eigenvalue weighted by atomic mass is 16.5. The molecule has 0 saturated carbocycles. The van der Waals surface area contributed by atoms with Crippen LogP contribution in [0.15, 0.2) is 18.2 Å². The van der Waals surface area contributed by atoms with Gasteiger partial charge in [0, 0.05) is 19.0 Å². The average molecular weight is 308 g/mol. The standard InChI is InChI=1S/C17H28N2O3/c1-12(2)7-8-22-15-6-5-14(10-16(15)21-4)11-19-13(3)9-17(18)20/h5-6,10,12-13,19H,7-9,11H2,1-4H3,(H2,18,20). The number of carbonyl (C=O) groups is 1. The van der Waals surface area contributed by atoms with Gasteiger partial charge in [0.1, 0.15) is 0 Å². The lowest BCUT2D eigenvalue weighted by Gasteiger charge is -2.15. The molecular weight excluding hydrogens is 280 g/mol. The Morgan fingerprint density at radius 2 is 2.00 bits per heavy atom. The summed E-state index contributed by atoms with van der Waals surface area (Å²) in [5.41, 5.74) is 6.25. The molecule has 1 rings (SSSR count). The summed E-state index contributed by atoms with van der Waals surface area (Å²) in [5, 5.41) is 3.26. The minimum atomic E-state index is -0.300. The molecule has 0 fully saturated rings. The Morgan fingerprint density at radius 3 is 2.59 bits per heavy atom. The number of nitrogens with two attached hydrogens (primary N) is 1. The van der Waals surface area contributed by atoms with Gasteiger partial charge >= 0.3 is 0 Å². The van der Waals surface area contributed by atoms with E-state index in [9.17, 15) is 4.79 Å². The molecule has 0 saturated heterocycles. The number of hydrogen-bond acceptors (Lipinski definition) is 4. The van der Waals surface area contributed by atoms with Gasteiger partial charge in [-0.05, 0) is 37.0 Å². The SMILES string of the molecule is COc1cc(CNC(C)CC(N)=O)ccc1OCCC(C)C. The number of rotatable bonds is 10. The van der Waals surface area contributed by atoms with Crippen molar-refractivity contribution in [2.45, 2.75) is 46.2 Å². The summed E-state index contributed by atoms with van der Waals surface area (Å²) in [6.07, 6.45) is 1.34. The Kier molecular flexibility index (Phi) is 7.74. The van der Waals surface area contributed by atoms with Crippen molar-refractivity contribution in [3.63, 3.8) is 0 Å². The van der Waals surface area contributed by atoms with E-state index in [1.807, 2.05) is 25.1 Å². The van der Waals surface area contributed by atoms with E-state index in [2.05, 4.69) is 19.2 Å². The molecule has 124 valence electrons. The topological polar surface area (TPSA) is 73.6 Å². The summed E-state index contributed by atoms with van der Waals surface area (Å²) in [6, 6.07) is 5.92. The van der Waals surface area contributed by atoms with Crippen LogP contribution in [0.4, 0.5) is 0 Å². The number of primary amides is 1. The van der Waals surface area contributed by atoms with Gasteiger partial charge in [0.25, 0.3) is 0 Å². The summed E-state index contributed by atoms with van der Waals surface area (Å²) in [6.45, 7) is 7.61. The summed E-state index contributed by atoms with van der Waals surface area (Å²) >= 11 is 0. The van der Waals surface area contributed by atoms with Crippen LogP contribution in [-0.4, -0.2) is 25.7 Å². The third-order valence-corrected chi connectivity index (χ3v) is 3.34. The first-order valence-electron chi connectivity index (χ1n) is 7.73. The molecule has 1 aromatic carbocycles. The second kappa shape index (κ2) is 9.30. The van der Waals surface area contributed by atoms with Crippen LogP contribution in [0.25, 0.3) is 0 Å². The quantitative estimate of drug-likeness (QED) is 0.696. The fraction of sp³-hybridized carbons (Fsp3) is 0.588. The van der Waals surface area contributed by atoms with Crippen LogP contribution in [0.2, 0.25) is 0 Å². The molecule has 5 heteroatoms. The number of nitrogens with one attached hydrogen (secondary N) is 1. The van der Waals surface area contributed by atoms with E-state index in [0.29, 0.717) is 25.5 Å². The molecule has 0 aliphatic carbocycles. The lowest BCUT2D eigenvalue weighted by atomic mass is 10.1. The summed E-state index contributed by atoms with van der Waals surface area (Å²) < 4.78 is 11.2. The number of hydrogen-bond donors (Lipinski definition) is 2. The molecule has 0 aromatic heterocycles. The van der Waals surface area contributed by atoms with Crippen LogP contribution in [0.1, 0.15) is 39.2 Å². The van der Waals surface area contributed by atoms with Gasteiger partial charge in [-0.25, -0.2) is 0 Å². The number of carbonyl (C=O) groups excluding carboxylic acids is 1. The Morgan fingerprint density at radius 1 is 1.27 bits per heavy atom. The van der Waals surface area contributed by atoms with E-state index >= 15 is 0 Å². The Bertz CT molecular complexity index is 475. The maximum absolute atomic E-state index is 10.9. The van der Waals surface area contributed by atoms with Gasteiger partial charge in [-0.2, -0.15) is 0 Å². The van der Waals surface area contributed by atoms with Gasteiger partial charge in [-0.15, -0.1) is 0 Å². The van der Waals surface area contributed by atoms with Crippen LogP contribution in [0.3, 0.4) is 0 Å². The zero-order valence-electron chi connectivity index (χ0n) is 14.0. The van der Waals surface area contributed by atoms with Crippen LogP contribution in [0.5, 0.6) is 11.5 Å². The van der Waals surface area contributed by atoms with Crippen molar-refractivity contribution in [1.82, 2.24) is 5.32 Å². The zero-order valence-corrected chi connectivity index (χ0v) is 14.0. The summed E-state index contributed by atoms with van der Waals surface area (Å²) in [7, 11) is 1.64. The number of ether oxygens (including phenoxy) is 2. The summed E-state index contributed by atoms with van der Waals surface area (Å²) in [5.74, 6) is 1.80. The van der Waals surface area contributed by atoms with Crippen LogP contribution in [-0.2, 0) is 11.3 Å². The molecule has 22 heavy (non-hydrogen) atoms. The molecule has 1 unspecified atom stereocenters. The van der Waals surface area contributed by atoms with E-state index in [1.165, 1.54) is 0 Å². The van der Waals surface area contributed by atoms with Crippen molar-refractivity contribution in [2.24, 2.45) is 11.7 Å². The first-order valence-corrected chi connectivity index (χ1v) is 7.73. The number of methoxy groups -OCH3 is 1. The molecule has 0 bridgehead atoms. The second-order valence-corrected chi connectivity index (χ2v) is 5.97. The van der Waals surface area contributed by atoms with Gasteiger partial charge in [-0.1, -0.05) is 19.9 Å². The third kappa shape index (κ3) is 6.80. The fourth-order valence-electron chi connectivity index (χ4n) is 2.01. The van der Waals surface area contributed by atoms with Crippen LogP contribution < -0.4 is 20.5 Å². The highest BCUT2D eigenvalue weighted by Crippen LogP contribution is 2.28. The number of amides is 1. The Hall–Kier alpha value is -1.75. The van der Waals surface area contributed by atoms with Crippen molar-refractivity contribution in [1.29, 1.82) is 0 Å². The van der Waals surface area contributed by atoms with Crippen LogP contribution >= 0.6 is 0 Å². The predicted molar refractivity (Wildman–Crippen MR) is 88.1 cm³/mol. The van der Waals surface area contributed by atoms with Crippen molar-refractivity contribution < 1.29 is 14.3 Å². The van der Waals surface area contributed by atoms with Gasteiger partial charge in [0.2, 0.25) is 5.91 Å². The van der Waals surface area contributed by atoms with Gasteiger partial charge < -0.3 is 20.5 Å². The highest BCUT2D eigenvalue weighted by Gasteiger charge is 2.09. The first-order chi connectivity index (χ1) is 10.4. The maximum Gasteiger partial charge on any atom is 0.218 e. The van der Waals surface area contributed by atoms with E-state index in [0.717, 1.165) is 23.5 Å². The Labute approximate surface area is 133 Å². The normalized spacial score (nSPS) is 12.2. The van der Waals surface area contributed by atoms with Gasteiger partial charge in [0.15, 0.2) is 11.5 Å². The molecule has 0 aliphatic rings. The second-order valence-electron chi connectivity index (χ2n) is 5.97. The van der Waals surface area contributed by atoms with Crippen molar-refractivity contribution in [2.75, 3.05) is 13.7 Å². The molecule has 1 atom stereocenters. The molecule has 5 nitrogen and oxygen atoms in total. The molecule has 0 aliphatic heterocycles. The third-order valence-electron chi connectivity index (χ3n) is 3.34. The lowest BCUT2D eigenvalue weighted by Crippen LogP contribution is -2.30. The first kappa shape index (κ1) is 18.3. The van der Waals surface area contributed by atoms with Crippen LogP contribution in [0, 0.1) is 5.92 Å². The fourth-order valence-corrected chi connectivity index (χ4v) is 2.01. The van der Waals surface area contributed by atoms with Gasteiger partial charge in [0.05, 0.1) is 13.7 Å². The van der Waals surface area contributed by atoms with Crippen molar-refractivity contribution in [3.05, 3.63) is 23.8 Å². The monoisotopic (exact) mass is 308 g/mol. The average Bonchev–Trinajstić information content (AvgIpc) is 2.44. The maximum atomic E-state index is 10.9. The molecule has 1 amide bonds. The largest absolute Gasteiger partial charge is 0.493 e. The number of benzene rings is 1. The van der Waals surface area contributed by atoms with E-state index in [4.69, 9.17) is 15.2 Å². The molecule has 0 spiro atoms. The van der Waals surface area contributed by atoms with Crippen molar-refractivity contribution >= 4 is 5.91 Å². The minimum Gasteiger partial charge on any atom is -0.493 e. The summed E-state index contributed by atoms with van der Waals surface area (Å²) in [4.78, 5) is 10.9. The van der Waals surface area contributed by atoms with Gasteiger partial charge in [-0.3, -0.25) is 4.79 Å². The van der Waals surface area contributed by atoms with Crippen molar-refractivity contribution in [3.8, 4) is 11.5 Å². The highest BCUT2D eigenvalue weighted by molar-refractivity contribution is 5.74. The molecular formula is C17H28N2O3. The smallest absolute Gasteiger partial charge is 0.218 e. The minimum absolute atomic E-state index is 0.0467. The Balaban J connectivity index is 2.58. The zero-order chi connectivity index (χ0) is 16.5. The molecule has 0 radical (unpaired) electrons. The van der Waals surface area contributed by atoms with E-state index in [1.54, 1.807) is 7.11 Å². The predicted octanol–water partition coefficient (Wildman–Crippen LogP) is 2.47. The molecule has 1 aromatic rings. The van der Waals surface area contributed by atoms with E-state index in [-0.39, 0.29) is 11.9 Å². The molecule has 0 heterocycles.